The van der Waals surface area contributed by atoms with Gasteiger partial charge in [-0.15, -0.1) is 0 Å². The minimum atomic E-state index is 0.809. The van der Waals surface area contributed by atoms with E-state index in [1.54, 1.807) is 0 Å². The normalized spacial score (nSPS) is 11.4. The molecule has 1 rings (SSSR count). The van der Waals surface area contributed by atoms with E-state index in [0.29, 0.717) is 0 Å². The molecule has 17 heavy (non-hydrogen) atoms. The lowest BCUT2D eigenvalue weighted by molar-refractivity contribution is 0.294. The predicted molar refractivity (Wildman–Crippen MR) is 78.1 cm³/mol. The molecule has 0 aromatic heterocycles. The van der Waals surface area contributed by atoms with Gasteiger partial charge in [0, 0.05) is 16.7 Å². The van der Waals surface area contributed by atoms with Gasteiger partial charge in [0.15, 0.2) is 0 Å². The summed E-state index contributed by atoms with van der Waals surface area (Å²) in [5.41, 5.74) is 7.92. The smallest absolute Gasteiger partial charge is 0.0461 e. The molecule has 0 fully saturated rings. The lowest BCUT2D eigenvalue weighted by Crippen LogP contribution is -2.23. The Morgan fingerprint density at radius 1 is 1.18 bits per heavy atom. The second kappa shape index (κ2) is 6.99. The van der Waals surface area contributed by atoms with E-state index >= 15 is 0 Å². The first kappa shape index (κ1) is 14.5. The molecule has 1 aromatic rings. The third-order valence-corrected chi connectivity index (χ3v) is 3.66. The second-order valence-corrected chi connectivity index (χ2v) is 5.51. The fraction of sp³-hybridized carbons (Fsp3) is 0.538. The van der Waals surface area contributed by atoms with Crippen molar-refractivity contribution in [2.75, 3.05) is 40.0 Å². The Kier molecular flexibility index (Phi) is 5.95. The fourth-order valence-corrected chi connectivity index (χ4v) is 2.14. The number of hydrogen-bond donors (Lipinski definition) is 1. The van der Waals surface area contributed by atoms with Crippen LogP contribution in [0.1, 0.15) is 12.0 Å². The minimum Gasteiger partial charge on any atom is -0.398 e. The van der Waals surface area contributed by atoms with Crippen LogP contribution >= 0.6 is 15.9 Å². The van der Waals surface area contributed by atoms with E-state index in [-0.39, 0.29) is 0 Å². The summed E-state index contributed by atoms with van der Waals surface area (Å²) >= 11 is 3.54. The first-order valence-electron chi connectivity index (χ1n) is 5.87. The van der Waals surface area contributed by atoms with Crippen LogP contribution in [0.5, 0.6) is 0 Å². The summed E-state index contributed by atoms with van der Waals surface area (Å²) < 4.78 is 1.03. The third-order valence-electron chi connectivity index (χ3n) is 2.69. The summed E-state index contributed by atoms with van der Waals surface area (Å²) in [6.07, 6.45) is 1.18. The largest absolute Gasteiger partial charge is 0.398 e. The van der Waals surface area contributed by atoms with Crippen LogP contribution in [0.4, 0.5) is 5.69 Å². The van der Waals surface area contributed by atoms with E-state index in [2.05, 4.69) is 52.9 Å². The zero-order valence-electron chi connectivity index (χ0n) is 10.9. The van der Waals surface area contributed by atoms with E-state index < -0.39 is 0 Å². The Morgan fingerprint density at radius 3 is 2.53 bits per heavy atom. The lowest BCUT2D eigenvalue weighted by atomic mass is 10.2. The van der Waals surface area contributed by atoms with E-state index in [4.69, 9.17) is 5.73 Å². The van der Waals surface area contributed by atoms with Gasteiger partial charge < -0.3 is 15.5 Å². The molecular formula is C13H22BrN3. The predicted octanol–water partition coefficient (Wildman–Crippen LogP) is 2.41. The van der Waals surface area contributed by atoms with Crippen LogP contribution in [-0.4, -0.2) is 44.0 Å². The van der Waals surface area contributed by atoms with Gasteiger partial charge in [-0.25, -0.2) is 0 Å². The van der Waals surface area contributed by atoms with Gasteiger partial charge in [0.2, 0.25) is 0 Å². The quantitative estimate of drug-likeness (QED) is 0.819. The van der Waals surface area contributed by atoms with Crippen LogP contribution in [-0.2, 0) is 6.54 Å². The maximum absolute atomic E-state index is 5.86. The number of rotatable bonds is 6. The van der Waals surface area contributed by atoms with Crippen LogP contribution in [0, 0.1) is 0 Å². The zero-order chi connectivity index (χ0) is 12.8. The number of nitrogens with two attached hydrogens (primary N) is 1. The third kappa shape index (κ3) is 5.06. The highest BCUT2D eigenvalue weighted by molar-refractivity contribution is 9.10. The monoisotopic (exact) mass is 299 g/mol. The van der Waals surface area contributed by atoms with Crippen LogP contribution in [0.2, 0.25) is 0 Å². The van der Waals surface area contributed by atoms with Crippen LogP contribution in [0.25, 0.3) is 0 Å². The Balaban J connectivity index is 2.45. The SMILES string of the molecule is CN(C)CCCN(C)Cc1cccc(N)c1Br. The van der Waals surface area contributed by atoms with E-state index in [0.717, 1.165) is 29.8 Å². The molecule has 0 spiro atoms. The van der Waals surface area contributed by atoms with Crippen LogP contribution < -0.4 is 5.73 Å². The molecule has 0 amide bonds. The Bertz CT molecular complexity index is 353. The van der Waals surface area contributed by atoms with Gasteiger partial charge in [-0.3, -0.25) is 0 Å². The molecule has 0 unspecified atom stereocenters. The molecule has 0 atom stereocenters. The second-order valence-electron chi connectivity index (χ2n) is 4.71. The average molecular weight is 300 g/mol. The molecule has 0 radical (unpaired) electrons. The molecule has 0 bridgehead atoms. The van der Waals surface area contributed by atoms with Gasteiger partial charge in [0.05, 0.1) is 0 Å². The zero-order valence-corrected chi connectivity index (χ0v) is 12.5. The lowest BCUT2D eigenvalue weighted by Gasteiger charge is -2.19. The summed E-state index contributed by atoms with van der Waals surface area (Å²) in [6, 6.07) is 6.03. The van der Waals surface area contributed by atoms with Gasteiger partial charge in [0.25, 0.3) is 0 Å². The molecule has 0 saturated carbocycles. The fourth-order valence-electron chi connectivity index (χ4n) is 1.75. The first-order valence-corrected chi connectivity index (χ1v) is 6.66. The van der Waals surface area contributed by atoms with Crippen molar-refractivity contribution >= 4 is 21.6 Å². The van der Waals surface area contributed by atoms with Crippen molar-refractivity contribution in [2.45, 2.75) is 13.0 Å². The van der Waals surface area contributed by atoms with Crippen LogP contribution in [0.3, 0.4) is 0 Å². The van der Waals surface area contributed by atoms with E-state index in [1.165, 1.54) is 12.0 Å². The summed E-state index contributed by atoms with van der Waals surface area (Å²) in [5.74, 6) is 0. The Labute approximate surface area is 113 Å². The highest BCUT2D eigenvalue weighted by Gasteiger charge is 2.06. The molecule has 2 N–H and O–H groups in total. The van der Waals surface area contributed by atoms with Crippen molar-refractivity contribution in [3.63, 3.8) is 0 Å². The molecule has 3 nitrogen and oxygen atoms in total. The summed E-state index contributed by atoms with van der Waals surface area (Å²) in [5, 5.41) is 0. The van der Waals surface area contributed by atoms with Gasteiger partial charge in [-0.2, -0.15) is 0 Å². The highest BCUT2D eigenvalue weighted by Crippen LogP contribution is 2.24. The highest BCUT2D eigenvalue weighted by atomic mass is 79.9. The number of benzene rings is 1. The van der Waals surface area contributed by atoms with Crippen molar-refractivity contribution in [1.29, 1.82) is 0 Å². The average Bonchev–Trinajstić information content (AvgIpc) is 2.24. The van der Waals surface area contributed by atoms with Crippen molar-refractivity contribution in [3.8, 4) is 0 Å². The molecule has 0 aliphatic carbocycles. The topological polar surface area (TPSA) is 32.5 Å². The van der Waals surface area contributed by atoms with Gasteiger partial charge in [-0.1, -0.05) is 12.1 Å². The van der Waals surface area contributed by atoms with Gasteiger partial charge in [-0.05, 0) is 68.2 Å². The molecule has 0 aliphatic heterocycles. The molecule has 96 valence electrons. The molecule has 0 aliphatic rings. The summed E-state index contributed by atoms with van der Waals surface area (Å²) in [7, 11) is 6.36. The molecular weight excluding hydrogens is 278 g/mol. The number of anilines is 1. The standard InChI is InChI=1S/C13H22BrN3/c1-16(2)8-5-9-17(3)10-11-6-4-7-12(15)13(11)14/h4,6-7H,5,8-10,15H2,1-3H3. The number of nitrogens with zero attached hydrogens (tertiary/aromatic N) is 2. The number of halogens is 1. The van der Waals surface area contributed by atoms with Crippen molar-refractivity contribution < 1.29 is 0 Å². The molecule has 1 aromatic carbocycles. The van der Waals surface area contributed by atoms with Crippen molar-refractivity contribution in [1.82, 2.24) is 9.80 Å². The maximum atomic E-state index is 5.86. The molecule has 0 heterocycles. The maximum Gasteiger partial charge on any atom is 0.0461 e. The molecule has 4 heteroatoms. The van der Waals surface area contributed by atoms with E-state index in [1.807, 2.05) is 12.1 Å². The number of nitrogen functional groups attached to an aromatic ring is 1. The summed E-state index contributed by atoms with van der Waals surface area (Å²) in [6.45, 7) is 3.15. The van der Waals surface area contributed by atoms with Crippen molar-refractivity contribution in [3.05, 3.63) is 28.2 Å². The molecule has 0 saturated heterocycles. The van der Waals surface area contributed by atoms with Crippen LogP contribution in [0.15, 0.2) is 22.7 Å². The number of hydrogen-bond acceptors (Lipinski definition) is 3. The first-order chi connectivity index (χ1) is 8.00. The summed E-state index contributed by atoms with van der Waals surface area (Å²) in [4.78, 5) is 4.54. The van der Waals surface area contributed by atoms with Gasteiger partial charge in [0.1, 0.15) is 0 Å². The minimum absolute atomic E-state index is 0.809. The Hall–Kier alpha value is -0.580. The van der Waals surface area contributed by atoms with Crippen molar-refractivity contribution in [2.24, 2.45) is 0 Å². The van der Waals surface area contributed by atoms with E-state index in [9.17, 15) is 0 Å². The van der Waals surface area contributed by atoms with Gasteiger partial charge >= 0.3 is 0 Å². The Morgan fingerprint density at radius 2 is 1.88 bits per heavy atom.